The molecule has 0 radical (unpaired) electrons. The molecule has 0 aliphatic rings. The molecule has 5 nitrogen and oxygen atoms in total. The number of amides is 2. The summed E-state index contributed by atoms with van der Waals surface area (Å²) in [5, 5.41) is 12.7. The van der Waals surface area contributed by atoms with Crippen molar-refractivity contribution in [3.63, 3.8) is 0 Å². The van der Waals surface area contributed by atoms with Crippen molar-refractivity contribution in [2.75, 3.05) is 30.5 Å². The average molecular weight is 355 g/mol. The summed E-state index contributed by atoms with van der Waals surface area (Å²) in [6, 6.07) is 11.5. The molecule has 2 aromatic rings. The van der Waals surface area contributed by atoms with Crippen molar-refractivity contribution in [3.05, 3.63) is 52.5 Å². The maximum atomic E-state index is 12.5. The molecule has 0 aliphatic carbocycles. The molecule has 0 bridgehead atoms. The molecule has 0 saturated heterocycles. The van der Waals surface area contributed by atoms with Gasteiger partial charge in [-0.2, -0.15) is 0 Å². The van der Waals surface area contributed by atoms with Gasteiger partial charge in [0.2, 0.25) is 0 Å². The van der Waals surface area contributed by atoms with E-state index < -0.39 is 6.03 Å². The zero-order valence-corrected chi connectivity index (χ0v) is 13.9. The van der Waals surface area contributed by atoms with Crippen LogP contribution in [0.4, 0.5) is 16.2 Å². The van der Waals surface area contributed by atoms with Gasteiger partial charge in [-0.25, -0.2) is 4.79 Å². The quantitative estimate of drug-likeness (QED) is 0.851. The van der Waals surface area contributed by atoms with Gasteiger partial charge >= 0.3 is 6.03 Å². The van der Waals surface area contributed by atoms with Crippen LogP contribution in [0.2, 0.25) is 10.0 Å². The van der Waals surface area contributed by atoms with Crippen molar-refractivity contribution in [2.45, 2.75) is 0 Å². The number of aliphatic hydroxyl groups is 1. The van der Waals surface area contributed by atoms with Crippen LogP contribution in [0.5, 0.6) is 5.75 Å². The van der Waals surface area contributed by atoms with E-state index in [1.807, 2.05) is 0 Å². The molecule has 0 saturated carbocycles. The number of ether oxygens (including phenoxy) is 1. The van der Waals surface area contributed by atoms with Gasteiger partial charge in [0.15, 0.2) is 0 Å². The number of hydrogen-bond donors (Lipinski definition) is 2. The second kappa shape index (κ2) is 8.06. The van der Waals surface area contributed by atoms with Gasteiger partial charge < -0.3 is 15.2 Å². The van der Waals surface area contributed by atoms with Crippen molar-refractivity contribution in [3.8, 4) is 5.75 Å². The number of urea groups is 1. The third kappa shape index (κ3) is 4.28. The van der Waals surface area contributed by atoms with Crippen LogP contribution in [0.3, 0.4) is 0 Å². The van der Waals surface area contributed by atoms with Gasteiger partial charge in [0.05, 0.1) is 36.0 Å². The van der Waals surface area contributed by atoms with Crippen molar-refractivity contribution >= 4 is 40.6 Å². The number of aliphatic hydroxyl groups excluding tert-OH is 1. The van der Waals surface area contributed by atoms with E-state index in [4.69, 9.17) is 27.9 Å². The highest BCUT2D eigenvalue weighted by atomic mass is 35.5. The maximum Gasteiger partial charge on any atom is 0.326 e. The zero-order valence-electron chi connectivity index (χ0n) is 12.4. The monoisotopic (exact) mass is 354 g/mol. The van der Waals surface area contributed by atoms with Crippen LogP contribution in [0.1, 0.15) is 0 Å². The summed E-state index contributed by atoms with van der Waals surface area (Å²) in [6.45, 7) is -0.0691. The predicted molar refractivity (Wildman–Crippen MR) is 92.9 cm³/mol. The lowest BCUT2D eigenvalue weighted by Crippen LogP contribution is -2.37. The number of benzene rings is 2. The minimum absolute atomic E-state index is 0.119. The number of nitrogens with zero attached hydrogens (tertiary/aromatic N) is 1. The summed E-state index contributed by atoms with van der Waals surface area (Å²) in [6.07, 6.45) is 0. The molecule has 0 heterocycles. The molecule has 0 spiro atoms. The van der Waals surface area contributed by atoms with E-state index in [1.54, 1.807) is 42.5 Å². The molecule has 2 amide bonds. The molecular formula is C16H16Cl2N2O3. The normalized spacial score (nSPS) is 10.3. The van der Waals surface area contributed by atoms with Crippen LogP contribution in [-0.2, 0) is 0 Å². The van der Waals surface area contributed by atoms with E-state index >= 15 is 0 Å². The van der Waals surface area contributed by atoms with Gasteiger partial charge in [0, 0.05) is 5.69 Å². The van der Waals surface area contributed by atoms with Gasteiger partial charge in [-0.1, -0.05) is 35.3 Å². The first-order chi connectivity index (χ1) is 11.1. The average Bonchev–Trinajstić information content (AvgIpc) is 2.56. The highest BCUT2D eigenvalue weighted by molar-refractivity contribution is 6.42. The number of rotatable bonds is 5. The third-order valence-corrected chi connectivity index (χ3v) is 3.85. The van der Waals surface area contributed by atoms with Crippen LogP contribution >= 0.6 is 23.2 Å². The van der Waals surface area contributed by atoms with Crippen LogP contribution < -0.4 is 15.0 Å². The van der Waals surface area contributed by atoms with Crippen molar-refractivity contribution in [1.82, 2.24) is 0 Å². The number of halogens is 2. The highest BCUT2D eigenvalue weighted by Crippen LogP contribution is 2.29. The fourth-order valence-electron chi connectivity index (χ4n) is 2.05. The standard InChI is InChI=1S/C16H16Cl2N2O3/c1-23-15-5-3-2-4-14(15)20(8-9-21)16(22)19-11-6-7-12(17)13(18)10-11/h2-7,10,21H,8-9H2,1H3,(H,19,22). The smallest absolute Gasteiger partial charge is 0.326 e. The minimum Gasteiger partial charge on any atom is -0.495 e. The number of para-hydroxylation sites is 2. The molecule has 2 N–H and O–H groups in total. The van der Waals surface area contributed by atoms with Gasteiger partial charge in [0.1, 0.15) is 5.75 Å². The van der Waals surface area contributed by atoms with Crippen LogP contribution in [-0.4, -0.2) is 31.4 Å². The number of anilines is 2. The van der Waals surface area contributed by atoms with E-state index in [1.165, 1.54) is 12.0 Å². The second-order valence-electron chi connectivity index (χ2n) is 4.61. The van der Waals surface area contributed by atoms with E-state index in [2.05, 4.69) is 5.32 Å². The van der Waals surface area contributed by atoms with E-state index in [0.717, 1.165) is 0 Å². The molecule has 2 aromatic carbocycles. The SMILES string of the molecule is COc1ccccc1N(CCO)C(=O)Nc1ccc(Cl)c(Cl)c1. The van der Waals surface area contributed by atoms with E-state index in [9.17, 15) is 9.90 Å². The Balaban J connectivity index is 2.26. The molecule has 2 rings (SSSR count). The summed E-state index contributed by atoms with van der Waals surface area (Å²) in [5.74, 6) is 0.533. The molecule has 0 unspecified atom stereocenters. The van der Waals surface area contributed by atoms with Crippen LogP contribution in [0.15, 0.2) is 42.5 Å². The number of carbonyl (C=O) groups is 1. The van der Waals surface area contributed by atoms with Gasteiger partial charge in [-0.3, -0.25) is 4.90 Å². The number of carbonyl (C=O) groups excluding carboxylic acids is 1. The van der Waals surface area contributed by atoms with Crippen molar-refractivity contribution in [1.29, 1.82) is 0 Å². The van der Waals surface area contributed by atoms with Crippen LogP contribution in [0, 0.1) is 0 Å². The third-order valence-electron chi connectivity index (χ3n) is 3.12. The predicted octanol–water partition coefficient (Wildman–Crippen LogP) is 4.03. The topological polar surface area (TPSA) is 61.8 Å². The number of nitrogens with one attached hydrogen (secondary N) is 1. The molecule has 7 heteroatoms. The Hall–Kier alpha value is -1.95. The molecule has 0 aliphatic heterocycles. The fourth-order valence-corrected chi connectivity index (χ4v) is 2.35. The molecule has 122 valence electrons. The zero-order chi connectivity index (χ0) is 16.8. The van der Waals surface area contributed by atoms with E-state index in [-0.39, 0.29) is 13.2 Å². The Morgan fingerprint density at radius 1 is 1.22 bits per heavy atom. The first-order valence-electron chi connectivity index (χ1n) is 6.84. The number of hydrogen-bond acceptors (Lipinski definition) is 3. The largest absolute Gasteiger partial charge is 0.495 e. The van der Waals surface area contributed by atoms with Crippen molar-refractivity contribution in [2.24, 2.45) is 0 Å². The Morgan fingerprint density at radius 3 is 2.61 bits per heavy atom. The first-order valence-corrected chi connectivity index (χ1v) is 7.60. The second-order valence-corrected chi connectivity index (χ2v) is 5.42. The van der Waals surface area contributed by atoms with E-state index in [0.29, 0.717) is 27.2 Å². The van der Waals surface area contributed by atoms with Crippen molar-refractivity contribution < 1.29 is 14.6 Å². The van der Waals surface area contributed by atoms with Gasteiger partial charge in [0.25, 0.3) is 0 Å². The lowest BCUT2D eigenvalue weighted by atomic mass is 10.2. The summed E-state index contributed by atoms with van der Waals surface area (Å²) < 4.78 is 5.27. The van der Waals surface area contributed by atoms with Gasteiger partial charge in [-0.05, 0) is 30.3 Å². The first kappa shape index (κ1) is 17.4. The summed E-state index contributed by atoms with van der Waals surface area (Å²) in [4.78, 5) is 13.9. The summed E-state index contributed by atoms with van der Waals surface area (Å²) >= 11 is 11.8. The Kier molecular flexibility index (Phi) is 6.10. The molecule has 0 aromatic heterocycles. The fraction of sp³-hybridized carbons (Fsp3) is 0.188. The molecule has 23 heavy (non-hydrogen) atoms. The Bertz CT molecular complexity index is 695. The summed E-state index contributed by atoms with van der Waals surface area (Å²) in [5.41, 5.74) is 1.06. The molecule has 0 fully saturated rings. The molecular weight excluding hydrogens is 339 g/mol. The lowest BCUT2D eigenvalue weighted by Gasteiger charge is -2.24. The highest BCUT2D eigenvalue weighted by Gasteiger charge is 2.19. The van der Waals surface area contributed by atoms with Gasteiger partial charge in [-0.15, -0.1) is 0 Å². The lowest BCUT2D eigenvalue weighted by molar-refractivity contribution is 0.251. The minimum atomic E-state index is -0.415. The van der Waals surface area contributed by atoms with Crippen LogP contribution in [0.25, 0.3) is 0 Å². The number of methoxy groups -OCH3 is 1. The molecule has 0 atom stereocenters. The summed E-state index contributed by atoms with van der Waals surface area (Å²) in [7, 11) is 1.52. The Morgan fingerprint density at radius 2 is 1.96 bits per heavy atom. The maximum absolute atomic E-state index is 12.5. The Labute approximate surface area is 144 Å².